The maximum atomic E-state index is 13.0. The molecule has 1 saturated heterocycles. The van der Waals surface area contributed by atoms with Gasteiger partial charge in [0.25, 0.3) is 11.7 Å². The van der Waals surface area contributed by atoms with Gasteiger partial charge in [-0.1, -0.05) is 70.5 Å². The number of carbonyl (C=O) groups excluding carboxylic acids is 2. The van der Waals surface area contributed by atoms with Crippen molar-refractivity contribution in [1.82, 2.24) is 0 Å². The Morgan fingerprint density at radius 3 is 2.28 bits per heavy atom. The van der Waals surface area contributed by atoms with Crippen molar-refractivity contribution < 1.29 is 14.7 Å². The van der Waals surface area contributed by atoms with E-state index in [-0.39, 0.29) is 11.3 Å². The minimum atomic E-state index is -0.717. The maximum absolute atomic E-state index is 13.0. The molecule has 1 N–H and O–H groups in total. The second-order valence-corrected chi connectivity index (χ2v) is 7.84. The summed E-state index contributed by atoms with van der Waals surface area (Å²) in [5.74, 6) is -1.52. The molecule has 1 atom stereocenters. The van der Waals surface area contributed by atoms with E-state index in [0.29, 0.717) is 11.3 Å². The first-order valence-electron chi connectivity index (χ1n) is 9.16. The number of amides is 1. The standard InChI is InChI=1S/C24H18BrNO3/c1-15-6-5-9-19(14-15)26-21(16-10-12-18(25)13-11-16)20(23(28)24(26)29)22(27)17-7-3-2-4-8-17/h2-14,21,27H,1H3/b22-20+. The van der Waals surface area contributed by atoms with Gasteiger partial charge < -0.3 is 5.11 Å². The van der Waals surface area contributed by atoms with Gasteiger partial charge >= 0.3 is 0 Å². The van der Waals surface area contributed by atoms with Crippen LogP contribution in [0.15, 0.2) is 88.9 Å². The van der Waals surface area contributed by atoms with Crippen molar-refractivity contribution in [3.8, 4) is 0 Å². The lowest BCUT2D eigenvalue weighted by atomic mass is 9.95. The Hall–Kier alpha value is -3.18. The van der Waals surface area contributed by atoms with Crippen LogP contribution < -0.4 is 4.90 Å². The molecule has 3 aromatic carbocycles. The fraction of sp³-hybridized carbons (Fsp3) is 0.0833. The molecular weight excluding hydrogens is 430 g/mol. The Balaban J connectivity index is 1.96. The lowest BCUT2D eigenvalue weighted by Gasteiger charge is -2.25. The first-order chi connectivity index (χ1) is 14.0. The third-order valence-corrected chi connectivity index (χ3v) is 5.49. The molecule has 0 aliphatic carbocycles. The van der Waals surface area contributed by atoms with Gasteiger partial charge in [0.2, 0.25) is 0 Å². The maximum Gasteiger partial charge on any atom is 0.300 e. The smallest absolute Gasteiger partial charge is 0.300 e. The largest absolute Gasteiger partial charge is 0.507 e. The molecule has 1 aliphatic heterocycles. The number of Topliss-reactive ketones (excluding diaryl/α,β-unsaturated/α-hetero) is 1. The third-order valence-electron chi connectivity index (χ3n) is 4.96. The molecule has 1 fully saturated rings. The summed E-state index contributed by atoms with van der Waals surface area (Å²) in [6, 6.07) is 22.9. The number of carbonyl (C=O) groups is 2. The summed E-state index contributed by atoms with van der Waals surface area (Å²) < 4.78 is 0.886. The highest BCUT2D eigenvalue weighted by atomic mass is 79.9. The van der Waals surface area contributed by atoms with Gasteiger partial charge in [-0.25, -0.2) is 0 Å². The molecule has 4 rings (SSSR count). The number of aliphatic hydroxyl groups excluding tert-OH is 1. The number of halogens is 1. The molecule has 1 aliphatic rings. The van der Waals surface area contributed by atoms with E-state index in [4.69, 9.17) is 0 Å². The van der Waals surface area contributed by atoms with E-state index in [1.165, 1.54) is 4.90 Å². The number of aliphatic hydroxyl groups is 1. The van der Waals surface area contributed by atoms with Crippen molar-refractivity contribution in [2.75, 3.05) is 4.90 Å². The van der Waals surface area contributed by atoms with E-state index < -0.39 is 17.7 Å². The zero-order valence-electron chi connectivity index (χ0n) is 15.7. The number of aryl methyl sites for hydroxylation is 1. The van der Waals surface area contributed by atoms with Crippen LogP contribution in [0.2, 0.25) is 0 Å². The highest BCUT2D eigenvalue weighted by Gasteiger charge is 2.46. The van der Waals surface area contributed by atoms with Crippen LogP contribution in [0.5, 0.6) is 0 Å². The summed E-state index contributed by atoms with van der Waals surface area (Å²) in [5, 5.41) is 11.0. The molecule has 4 nitrogen and oxygen atoms in total. The van der Waals surface area contributed by atoms with Gasteiger partial charge in [0.05, 0.1) is 11.6 Å². The van der Waals surface area contributed by atoms with Crippen molar-refractivity contribution in [3.05, 3.63) is 106 Å². The van der Waals surface area contributed by atoms with E-state index in [1.807, 2.05) is 55.5 Å². The number of hydrogen-bond acceptors (Lipinski definition) is 3. The van der Waals surface area contributed by atoms with E-state index in [2.05, 4.69) is 15.9 Å². The Kier molecular flexibility index (Phi) is 5.07. The van der Waals surface area contributed by atoms with Gasteiger partial charge in [-0.15, -0.1) is 0 Å². The first kappa shape index (κ1) is 19.2. The molecule has 3 aromatic rings. The van der Waals surface area contributed by atoms with Gasteiger partial charge in [0, 0.05) is 15.7 Å². The summed E-state index contributed by atoms with van der Waals surface area (Å²) in [4.78, 5) is 27.5. The number of anilines is 1. The Morgan fingerprint density at radius 1 is 0.931 bits per heavy atom. The second kappa shape index (κ2) is 7.68. The molecule has 0 spiro atoms. The molecular formula is C24H18BrNO3. The van der Waals surface area contributed by atoms with Crippen molar-refractivity contribution in [2.24, 2.45) is 0 Å². The number of benzene rings is 3. The van der Waals surface area contributed by atoms with E-state index in [9.17, 15) is 14.7 Å². The predicted molar refractivity (Wildman–Crippen MR) is 117 cm³/mol. The van der Waals surface area contributed by atoms with Gasteiger partial charge in [0.15, 0.2) is 0 Å². The SMILES string of the molecule is Cc1cccc(N2C(=O)C(=O)/C(=C(/O)c3ccccc3)C2c2ccc(Br)cc2)c1. The first-order valence-corrected chi connectivity index (χ1v) is 9.95. The van der Waals surface area contributed by atoms with Gasteiger partial charge in [-0.2, -0.15) is 0 Å². The minimum absolute atomic E-state index is 0.0880. The zero-order valence-corrected chi connectivity index (χ0v) is 17.3. The lowest BCUT2D eigenvalue weighted by molar-refractivity contribution is -0.132. The number of rotatable bonds is 3. The second-order valence-electron chi connectivity index (χ2n) is 6.93. The quantitative estimate of drug-likeness (QED) is 0.332. The molecule has 5 heteroatoms. The average Bonchev–Trinajstić information content (AvgIpc) is 2.99. The van der Waals surface area contributed by atoms with Crippen LogP contribution in [0.1, 0.15) is 22.7 Å². The van der Waals surface area contributed by atoms with Crippen LogP contribution in [-0.4, -0.2) is 16.8 Å². The van der Waals surface area contributed by atoms with Crippen LogP contribution >= 0.6 is 15.9 Å². The van der Waals surface area contributed by atoms with Gasteiger partial charge in [0.1, 0.15) is 5.76 Å². The van der Waals surface area contributed by atoms with Crippen molar-refractivity contribution in [2.45, 2.75) is 13.0 Å². The molecule has 0 radical (unpaired) electrons. The van der Waals surface area contributed by atoms with Crippen LogP contribution in [0.25, 0.3) is 5.76 Å². The summed E-state index contributed by atoms with van der Waals surface area (Å²) in [5.41, 5.74) is 2.92. The topological polar surface area (TPSA) is 57.6 Å². The summed E-state index contributed by atoms with van der Waals surface area (Å²) in [7, 11) is 0. The number of nitrogens with zero attached hydrogens (tertiary/aromatic N) is 1. The Labute approximate surface area is 177 Å². The van der Waals surface area contributed by atoms with Crippen molar-refractivity contribution >= 4 is 39.1 Å². The average molecular weight is 448 g/mol. The van der Waals surface area contributed by atoms with Crippen molar-refractivity contribution in [3.63, 3.8) is 0 Å². The predicted octanol–water partition coefficient (Wildman–Crippen LogP) is 5.38. The molecule has 144 valence electrons. The fourth-order valence-corrected chi connectivity index (χ4v) is 3.85. The lowest BCUT2D eigenvalue weighted by Crippen LogP contribution is -2.29. The van der Waals surface area contributed by atoms with E-state index >= 15 is 0 Å². The summed E-state index contributed by atoms with van der Waals surface area (Å²) >= 11 is 3.42. The number of hydrogen-bond donors (Lipinski definition) is 1. The van der Waals surface area contributed by atoms with Crippen LogP contribution in [-0.2, 0) is 9.59 Å². The van der Waals surface area contributed by atoms with Gasteiger partial charge in [-0.3, -0.25) is 14.5 Å². The number of ketones is 1. The third kappa shape index (κ3) is 3.49. The van der Waals surface area contributed by atoms with Crippen LogP contribution in [0.3, 0.4) is 0 Å². The van der Waals surface area contributed by atoms with Crippen LogP contribution in [0.4, 0.5) is 5.69 Å². The molecule has 0 bridgehead atoms. The molecule has 29 heavy (non-hydrogen) atoms. The zero-order chi connectivity index (χ0) is 20.5. The van der Waals surface area contributed by atoms with Crippen LogP contribution in [0, 0.1) is 6.92 Å². The van der Waals surface area contributed by atoms with Gasteiger partial charge in [-0.05, 0) is 42.3 Å². The van der Waals surface area contributed by atoms with E-state index in [1.54, 1.807) is 30.3 Å². The molecule has 0 saturated carbocycles. The van der Waals surface area contributed by atoms with Crippen molar-refractivity contribution in [1.29, 1.82) is 0 Å². The summed E-state index contributed by atoms with van der Waals surface area (Å²) in [6.45, 7) is 1.93. The Bertz CT molecular complexity index is 1120. The Morgan fingerprint density at radius 2 is 1.62 bits per heavy atom. The monoisotopic (exact) mass is 447 g/mol. The van der Waals surface area contributed by atoms with E-state index in [0.717, 1.165) is 15.6 Å². The molecule has 1 unspecified atom stereocenters. The highest BCUT2D eigenvalue weighted by Crippen LogP contribution is 2.42. The molecule has 0 aromatic heterocycles. The summed E-state index contributed by atoms with van der Waals surface area (Å²) in [6.07, 6.45) is 0. The fourth-order valence-electron chi connectivity index (χ4n) is 3.59. The molecule has 1 amide bonds. The molecule has 1 heterocycles. The highest BCUT2D eigenvalue weighted by molar-refractivity contribution is 9.10. The normalized spacial score (nSPS) is 18.3. The minimum Gasteiger partial charge on any atom is -0.507 e.